The van der Waals surface area contributed by atoms with Crippen molar-refractivity contribution in [3.8, 4) is 0 Å². The van der Waals surface area contributed by atoms with E-state index in [4.69, 9.17) is 0 Å². The average Bonchev–Trinajstić information content (AvgIpc) is 2.41. The fourth-order valence-corrected chi connectivity index (χ4v) is 2.50. The van der Waals surface area contributed by atoms with E-state index in [1.54, 1.807) is 0 Å². The fourth-order valence-electron chi connectivity index (χ4n) is 2.50. The molecule has 1 aromatic carbocycles. The molecule has 1 N–H and O–H groups in total. The number of anilines is 1. The van der Waals surface area contributed by atoms with Crippen LogP contribution in [0.1, 0.15) is 0 Å². The van der Waals surface area contributed by atoms with Gasteiger partial charge in [-0.15, -0.1) is 0 Å². The summed E-state index contributed by atoms with van der Waals surface area (Å²) in [5.41, 5.74) is 1.13. The minimum Gasteiger partial charge on any atom is -0.367 e. The summed E-state index contributed by atoms with van der Waals surface area (Å²) in [6.07, 6.45) is 1.84. The van der Waals surface area contributed by atoms with Crippen LogP contribution in [-0.4, -0.2) is 43.1 Å². The Morgan fingerprint density at radius 1 is 1.06 bits per heavy atom. The number of aromatic amines is 1. The number of likely N-dealkylation sites (N-methyl/N-ethyl adjacent to an activating group) is 1. The second-order valence-electron chi connectivity index (χ2n) is 4.84. The predicted molar refractivity (Wildman–Crippen MR) is 74.3 cm³/mol. The van der Waals surface area contributed by atoms with Crippen LogP contribution in [0.15, 0.2) is 35.3 Å². The first kappa shape index (κ1) is 11.3. The van der Waals surface area contributed by atoms with E-state index in [0.29, 0.717) is 0 Å². The van der Waals surface area contributed by atoms with Crippen molar-refractivity contribution < 1.29 is 0 Å². The lowest BCUT2D eigenvalue weighted by atomic mass is 10.1. The van der Waals surface area contributed by atoms with Gasteiger partial charge in [0.05, 0.1) is 5.69 Å². The normalized spacial score (nSPS) is 17.3. The van der Waals surface area contributed by atoms with Gasteiger partial charge >= 0.3 is 0 Å². The van der Waals surface area contributed by atoms with E-state index in [1.807, 2.05) is 30.5 Å². The second kappa shape index (κ2) is 4.46. The first-order chi connectivity index (χ1) is 8.75. The first-order valence-electron chi connectivity index (χ1n) is 6.29. The van der Waals surface area contributed by atoms with Crippen molar-refractivity contribution in [3.05, 3.63) is 40.8 Å². The summed E-state index contributed by atoms with van der Waals surface area (Å²) in [5, 5.41) is 1.82. The molecule has 0 radical (unpaired) electrons. The van der Waals surface area contributed by atoms with E-state index in [9.17, 15) is 4.79 Å². The number of nitrogens with zero attached hydrogens (tertiary/aromatic N) is 2. The summed E-state index contributed by atoms with van der Waals surface area (Å²) in [7, 11) is 2.14. The molecule has 0 bridgehead atoms. The van der Waals surface area contributed by atoms with Gasteiger partial charge in [-0.05, 0) is 13.1 Å². The molecule has 0 aliphatic carbocycles. The third-order valence-corrected chi connectivity index (χ3v) is 3.63. The minimum absolute atomic E-state index is 0.0107. The monoisotopic (exact) mass is 243 g/mol. The van der Waals surface area contributed by atoms with Crippen molar-refractivity contribution in [2.24, 2.45) is 0 Å². The lowest BCUT2D eigenvalue weighted by Crippen LogP contribution is -2.44. The summed E-state index contributed by atoms with van der Waals surface area (Å²) in [5.74, 6) is 0. The maximum atomic E-state index is 11.8. The standard InChI is InChI=1S/C14H17N3O/c1-16-6-8-17(9-7-16)13-10-15-14(18)12-5-3-2-4-11(12)13/h2-5,10H,6-9H2,1H3,(H,15,18). The lowest BCUT2D eigenvalue weighted by Gasteiger charge is -2.34. The van der Waals surface area contributed by atoms with Crippen molar-refractivity contribution >= 4 is 16.5 Å². The van der Waals surface area contributed by atoms with E-state index in [1.165, 1.54) is 0 Å². The van der Waals surface area contributed by atoms with E-state index < -0.39 is 0 Å². The Morgan fingerprint density at radius 2 is 1.72 bits per heavy atom. The third kappa shape index (κ3) is 1.88. The number of H-pyrrole nitrogens is 1. The van der Waals surface area contributed by atoms with E-state index in [-0.39, 0.29) is 5.56 Å². The van der Waals surface area contributed by atoms with Gasteiger partial charge in [-0.1, -0.05) is 18.2 Å². The summed E-state index contributed by atoms with van der Waals surface area (Å²) in [6, 6.07) is 7.80. The zero-order chi connectivity index (χ0) is 12.5. The highest BCUT2D eigenvalue weighted by molar-refractivity contribution is 5.93. The molecule has 1 fully saturated rings. The first-order valence-corrected chi connectivity index (χ1v) is 6.29. The van der Waals surface area contributed by atoms with Crippen LogP contribution < -0.4 is 10.5 Å². The predicted octanol–water partition coefficient (Wildman–Crippen LogP) is 1.28. The number of rotatable bonds is 1. The average molecular weight is 243 g/mol. The molecule has 4 heteroatoms. The van der Waals surface area contributed by atoms with Gasteiger partial charge in [-0.3, -0.25) is 4.79 Å². The molecule has 2 aromatic rings. The Bertz CT molecular complexity index is 612. The molecule has 4 nitrogen and oxygen atoms in total. The van der Waals surface area contributed by atoms with Gasteiger partial charge in [-0.25, -0.2) is 0 Å². The Kier molecular flexibility index (Phi) is 2.80. The smallest absolute Gasteiger partial charge is 0.255 e. The molecule has 0 unspecified atom stereocenters. The lowest BCUT2D eigenvalue weighted by molar-refractivity contribution is 0.313. The number of piperazine rings is 1. The van der Waals surface area contributed by atoms with Crippen molar-refractivity contribution in [3.63, 3.8) is 0 Å². The molecule has 0 saturated carbocycles. The van der Waals surface area contributed by atoms with Crippen molar-refractivity contribution in [1.82, 2.24) is 9.88 Å². The van der Waals surface area contributed by atoms with Crippen molar-refractivity contribution in [2.75, 3.05) is 38.1 Å². The Hall–Kier alpha value is -1.81. The Morgan fingerprint density at radius 3 is 2.44 bits per heavy atom. The van der Waals surface area contributed by atoms with Gasteiger partial charge in [0.2, 0.25) is 0 Å². The Balaban J connectivity index is 2.07. The Labute approximate surface area is 106 Å². The van der Waals surface area contributed by atoms with Gasteiger partial charge in [-0.2, -0.15) is 0 Å². The number of hydrogen-bond acceptors (Lipinski definition) is 3. The van der Waals surface area contributed by atoms with Gasteiger partial charge in [0.1, 0.15) is 0 Å². The molecular formula is C14H17N3O. The van der Waals surface area contributed by atoms with Crippen LogP contribution in [0.2, 0.25) is 0 Å². The zero-order valence-electron chi connectivity index (χ0n) is 10.5. The van der Waals surface area contributed by atoms with E-state index >= 15 is 0 Å². The maximum Gasteiger partial charge on any atom is 0.255 e. The molecule has 1 aromatic heterocycles. The van der Waals surface area contributed by atoms with Crippen LogP contribution in [-0.2, 0) is 0 Å². The molecule has 1 aliphatic rings. The van der Waals surface area contributed by atoms with Crippen LogP contribution in [0.5, 0.6) is 0 Å². The quantitative estimate of drug-likeness (QED) is 0.820. The molecule has 3 rings (SSSR count). The highest BCUT2D eigenvalue weighted by atomic mass is 16.1. The van der Waals surface area contributed by atoms with Gasteiger partial charge in [0.25, 0.3) is 5.56 Å². The summed E-state index contributed by atoms with van der Waals surface area (Å²) < 4.78 is 0. The minimum atomic E-state index is -0.0107. The maximum absolute atomic E-state index is 11.8. The SMILES string of the molecule is CN1CCN(c2c[nH]c(=O)c3ccccc23)CC1. The van der Waals surface area contributed by atoms with Gasteiger partial charge < -0.3 is 14.8 Å². The number of pyridine rings is 1. The van der Waals surface area contributed by atoms with Crippen LogP contribution in [0.3, 0.4) is 0 Å². The molecule has 1 aliphatic heterocycles. The molecule has 0 spiro atoms. The molecule has 1 saturated heterocycles. The highest BCUT2D eigenvalue weighted by Gasteiger charge is 2.16. The van der Waals surface area contributed by atoms with E-state index in [0.717, 1.165) is 42.6 Å². The molecule has 94 valence electrons. The number of benzene rings is 1. The summed E-state index contributed by atoms with van der Waals surface area (Å²) in [6.45, 7) is 4.14. The van der Waals surface area contributed by atoms with Crippen molar-refractivity contribution in [2.45, 2.75) is 0 Å². The van der Waals surface area contributed by atoms with Crippen LogP contribution >= 0.6 is 0 Å². The molecule has 18 heavy (non-hydrogen) atoms. The highest BCUT2D eigenvalue weighted by Crippen LogP contribution is 2.24. The molecule has 2 heterocycles. The largest absolute Gasteiger partial charge is 0.367 e. The van der Waals surface area contributed by atoms with E-state index in [2.05, 4.69) is 21.8 Å². The topological polar surface area (TPSA) is 39.3 Å². The van der Waals surface area contributed by atoms with Crippen LogP contribution in [0, 0.1) is 0 Å². The van der Waals surface area contributed by atoms with Gasteiger partial charge in [0.15, 0.2) is 0 Å². The molecule has 0 atom stereocenters. The molecule has 0 amide bonds. The fraction of sp³-hybridized carbons (Fsp3) is 0.357. The van der Waals surface area contributed by atoms with Crippen LogP contribution in [0.25, 0.3) is 10.8 Å². The second-order valence-corrected chi connectivity index (χ2v) is 4.84. The third-order valence-electron chi connectivity index (χ3n) is 3.63. The van der Waals surface area contributed by atoms with Crippen molar-refractivity contribution in [1.29, 1.82) is 0 Å². The number of aromatic nitrogens is 1. The zero-order valence-corrected chi connectivity index (χ0v) is 10.5. The van der Waals surface area contributed by atoms with Gasteiger partial charge in [0, 0.05) is 43.1 Å². The summed E-state index contributed by atoms with van der Waals surface area (Å²) in [4.78, 5) is 19.3. The number of fused-ring (bicyclic) bond motifs is 1. The number of hydrogen-bond donors (Lipinski definition) is 1. The summed E-state index contributed by atoms with van der Waals surface area (Å²) >= 11 is 0. The number of nitrogens with one attached hydrogen (secondary N) is 1. The molecular weight excluding hydrogens is 226 g/mol. The van der Waals surface area contributed by atoms with Crippen LogP contribution in [0.4, 0.5) is 5.69 Å².